The first-order valence-electron chi connectivity index (χ1n) is 3.43. The average Bonchev–Trinajstić information content (AvgIpc) is 2.06. The van der Waals surface area contributed by atoms with E-state index in [-0.39, 0.29) is 5.54 Å². The molecule has 1 aliphatic rings. The third kappa shape index (κ3) is 1.28. The van der Waals surface area contributed by atoms with Crippen LogP contribution in [0.1, 0.15) is 0 Å². The lowest BCUT2D eigenvalue weighted by molar-refractivity contribution is 0.0660. The van der Waals surface area contributed by atoms with Crippen molar-refractivity contribution >= 4 is 0 Å². The molecular weight excluding hydrogens is 126 g/mol. The predicted octanol–water partition coefficient (Wildman–Crippen LogP) is 0.717. The number of nitrogens with one attached hydrogen (secondary N) is 1. The molecule has 1 N–H and O–H groups in total. The number of hydrogen-bond acceptors (Lipinski definition) is 2. The molecular formula is C8H13NO. The van der Waals surface area contributed by atoms with Crippen LogP contribution in [0.2, 0.25) is 0 Å². The Morgan fingerprint density at radius 3 is 2.40 bits per heavy atom. The molecule has 2 nitrogen and oxygen atoms in total. The Bertz CT molecular complexity index is 126. The van der Waals surface area contributed by atoms with Crippen molar-refractivity contribution in [1.82, 2.24) is 5.32 Å². The molecule has 2 heteroatoms. The van der Waals surface area contributed by atoms with Crippen molar-refractivity contribution in [2.24, 2.45) is 0 Å². The Hall–Kier alpha value is -0.600. The van der Waals surface area contributed by atoms with Crippen molar-refractivity contribution in [3.05, 3.63) is 25.3 Å². The molecule has 0 atom stereocenters. The molecule has 1 aliphatic heterocycles. The third-order valence-electron chi connectivity index (χ3n) is 1.77. The Kier molecular flexibility index (Phi) is 2.25. The minimum Gasteiger partial charge on any atom is -0.378 e. The van der Waals surface area contributed by atoms with Gasteiger partial charge in [-0.2, -0.15) is 0 Å². The van der Waals surface area contributed by atoms with Gasteiger partial charge in [0.2, 0.25) is 0 Å². The molecule has 56 valence electrons. The lowest BCUT2D eigenvalue weighted by atomic mass is 10.0. The summed E-state index contributed by atoms with van der Waals surface area (Å²) in [6.07, 6.45) is 3.66. The molecule has 0 spiro atoms. The number of morpholine rings is 1. The predicted molar refractivity (Wildman–Crippen MR) is 41.9 cm³/mol. The van der Waals surface area contributed by atoms with Crippen molar-refractivity contribution < 1.29 is 4.74 Å². The molecule has 0 aromatic carbocycles. The van der Waals surface area contributed by atoms with E-state index in [1.807, 2.05) is 12.2 Å². The van der Waals surface area contributed by atoms with Crippen LogP contribution in [0, 0.1) is 0 Å². The fourth-order valence-electron chi connectivity index (χ4n) is 0.994. The molecule has 1 rings (SSSR count). The summed E-state index contributed by atoms with van der Waals surface area (Å²) in [7, 11) is 0. The fourth-order valence-corrected chi connectivity index (χ4v) is 0.994. The topological polar surface area (TPSA) is 21.3 Å². The zero-order chi connectivity index (χ0) is 7.45. The average molecular weight is 139 g/mol. The Morgan fingerprint density at radius 2 is 2.10 bits per heavy atom. The van der Waals surface area contributed by atoms with E-state index in [1.165, 1.54) is 0 Å². The maximum absolute atomic E-state index is 5.26. The van der Waals surface area contributed by atoms with Gasteiger partial charge in [0, 0.05) is 6.54 Å². The third-order valence-corrected chi connectivity index (χ3v) is 1.77. The highest BCUT2D eigenvalue weighted by molar-refractivity contribution is 5.15. The lowest BCUT2D eigenvalue weighted by Crippen LogP contribution is -2.51. The molecule has 1 saturated heterocycles. The second-order valence-electron chi connectivity index (χ2n) is 2.43. The van der Waals surface area contributed by atoms with Gasteiger partial charge in [0.15, 0.2) is 0 Å². The summed E-state index contributed by atoms with van der Waals surface area (Å²) >= 11 is 0. The van der Waals surface area contributed by atoms with Gasteiger partial charge in [-0.3, -0.25) is 0 Å². The van der Waals surface area contributed by atoms with Gasteiger partial charge in [-0.1, -0.05) is 12.2 Å². The molecule has 0 saturated carbocycles. The molecule has 0 unspecified atom stereocenters. The first kappa shape index (κ1) is 7.51. The van der Waals surface area contributed by atoms with Gasteiger partial charge in [-0.15, -0.1) is 13.2 Å². The molecule has 0 aromatic heterocycles. The normalized spacial score (nSPS) is 23.6. The van der Waals surface area contributed by atoms with Crippen molar-refractivity contribution in [2.75, 3.05) is 19.8 Å². The van der Waals surface area contributed by atoms with Crippen LogP contribution in [0.15, 0.2) is 25.3 Å². The maximum Gasteiger partial charge on any atom is 0.0783 e. The SMILES string of the molecule is C=CC1(C=C)COCCN1. The highest BCUT2D eigenvalue weighted by Crippen LogP contribution is 2.10. The van der Waals surface area contributed by atoms with Gasteiger partial charge in [-0.25, -0.2) is 0 Å². The Morgan fingerprint density at radius 1 is 1.40 bits per heavy atom. The summed E-state index contributed by atoms with van der Waals surface area (Å²) in [5.41, 5.74) is -0.182. The van der Waals surface area contributed by atoms with Gasteiger partial charge < -0.3 is 10.1 Å². The van der Waals surface area contributed by atoms with Crippen molar-refractivity contribution in [2.45, 2.75) is 5.54 Å². The molecule has 10 heavy (non-hydrogen) atoms. The smallest absolute Gasteiger partial charge is 0.0783 e. The van der Waals surface area contributed by atoms with Crippen molar-refractivity contribution in [3.8, 4) is 0 Å². The summed E-state index contributed by atoms with van der Waals surface area (Å²) in [4.78, 5) is 0. The van der Waals surface area contributed by atoms with Crippen LogP contribution in [-0.2, 0) is 4.74 Å². The van der Waals surface area contributed by atoms with E-state index in [1.54, 1.807) is 0 Å². The van der Waals surface area contributed by atoms with Gasteiger partial charge in [0.1, 0.15) is 0 Å². The Labute approximate surface area is 61.6 Å². The molecule has 0 aliphatic carbocycles. The highest BCUT2D eigenvalue weighted by Gasteiger charge is 2.24. The van der Waals surface area contributed by atoms with E-state index in [0.29, 0.717) is 6.61 Å². The van der Waals surface area contributed by atoms with Gasteiger partial charge >= 0.3 is 0 Å². The van der Waals surface area contributed by atoms with E-state index >= 15 is 0 Å². The number of rotatable bonds is 2. The quantitative estimate of drug-likeness (QED) is 0.569. The van der Waals surface area contributed by atoms with Crippen LogP contribution >= 0.6 is 0 Å². The highest BCUT2D eigenvalue weighted by atomic mass is 16.5. The van der Waals surface area contributed by atoms with Crippen LogP contribution in [0.3, 0.4) is 0 Å². The first-order chi connectivity index (χ1) is 4.83. The minimum absolute atomic E-state index is 0.182. The summed E-state index contributed by atoms with van der Waals surface area (Å²) in [5, 5.41) is 3.27. The number of ether oxygens (including phenoxy) is 1. The molecule has 0 bridgehead atoms. The summed E-state index contributed by atoms with van der Waals surface area (Å²) in [5.74, 6) is 0. The Balaban J connectivity index is 2.60. The van der Waals surface area contributed by atoms with Gasteiger partial charge in [0.05, 0.1) is 18.8 Å². The van der Waals surface area contributed by atoms with Gasteiger partial charge in [0.25, 0.3) is 0 Å². The molecule has 0 aromatic rings. The van der Waals surface area contributed by atoms with E-state index in [0.717, 1.165) is 13.2 Å². The standard InChI is InChI=1S/C8H13NO/c1-3-8(4-2)7-10-6-5-9-8/h3-4,9H,1-2,5-7H2. The summed E-state index contributed by atoms with van der Waals surface area (Å²) < 4.78 is 5.26. The monoisotopic (exact) mass is 139 g/mol. The largest absolute Gasteiger partial charge is 0.378 e. The van der Waals surface area contributed by atoms with Crippen LogP contribution in [0.25, 0.3) is 0 Å². The van der Waals surface area contributed by atoms with Crippen LogP contribution < -0.4 is 5.32 Å². The zero-order valence-electron chi connectivity index (χ0n) is 6.10. The molecule has 0 amide bonds. The van der Waals surface area contributed by atoms with E-state index in [9.17, 15) is 0 Å². The fraction of sp³-hybridized carbons (Fsp3) is 0.500. The minimum atomic E-state index is -0.182. The first-order valence-corrected chi connectivity index (χ1v) is 3.43. The summed E-state index contributed by atoms with van der Waals surface area (Å²) in [6, 6.07) is 0. The van der Waals surface area contributed by atoms with E-state index in [4.69, 9.17) is 4.74 Å². The van der Waals surface area contributed by atoms with Crippen LogP contribution in [-0.4, -0.2) is 25.3 Å². The number of hydrogen-bond donors (Lipinski definition) is 1. The molecule has 0 radical (unpaired) electrons. The second kappa shape index (κ2) is 2.99. The van der Waals surface area contributed by atoms with Gasteiger partial charge in [-0.05, 0) is 0 Å². The second-order valence-corrected chi connectivity index (χ2v) is 2.43. The van der Waals surface area contributed by atoms with Crippen LogP contribution in [0.4, 0.5) is 0 Å². The molecule has 1 fully saturated rings. The lowest BCUT2D eigenvalue weighted by Gasteiger charge is -2.32. The van der Waals surface area contributed by atoms with Crippen molar-refractivity contribution in [3.63, 3.8) is 0 Å². The summed E-state index contributed by atoms with van der Waals surface area (Å²) in [6.45, 7) is 9.73. The van der Waals surface area contributed by atoms with E-state index in [2.05, 4.69) is 18.5 Å². The zero-order valence-corrected chi connectivity index (χ0v) is 6.10. The maximum atomic E-state index is 5.26. The van der Waals surface area contributed by atoms with Crippen LogP contribution in [0.5, 0.6) is 0 Å². The molecule has 1 heterocycles. The van der Waals surface area contributed by atoms with Crippen molar-refractivity contribution in [1.29, 1.82) is 0 Å². The van der Waals surface area contributed by atoms with E-state index < -0.39 is 0 Å².